The number of halogens is 1. The zero-order chi connectivity index (χ0) is 11.0. The summed E-state index contributed by atoms with van der Waals surface area (Å²) in [5.41, 5.74) is 0.638. The molecule has 16 heavy (non-hydrogen) atoms. The highest BCUT2D eigenvalue weighted by atomic mass is 79.9. The Morgan fingerprint density at radius 3 is 2.19 bits per heavy atom. The minimum Gasteiger partial charge on any atom is -0.302 e. The molecule has 3 rings (SSSR count). The first-order valence-electron chi connectivity index (χ1n) is 7.10. The van der Waals surface area contributed by atoms with Gasteiger partial charge in [-0.2, -0.15) is 0 Å². The van der Waals surface area contributed by atoms with Crippen LogP contribution in [0.5, 0.6) is 0 Å². The van der Waals surface area contributed by atoms with Crippen LogP contribution in [0.1, 0.15) is 44.9 Å². The van der Waals surface area contributed by atoms with Crippen molar-refractivity contribution in [3.63, 3.8) is 0 Å². The van der Waals surface area contributed by atoms with Crippen molar-refractivity contribution in [1.82, 2.24) is 4.90 Å². The van der Waals surface area contributed by atoms with Gasteiger partial charge in [0.2, 0.25) is 0 Å². The summed E-state index contributed by atoms with van der Waals surface area (Å²) in [7, 11) is 0. The van der Waals surface area contributed by atoms with Gasteiger partial charge >= 0.3 is 0 Å². The molecule has 0 aromatic carbocycles. The maximum absolute atomic E-state index is 3.78. The molecule has 2 heteroatoms. The topological polar surface area (TPSA) is 3.24 Å². The number of nitrogens with zero attached hydrogens (tertiary/aromatic N) is 1. The van der Waals surface area contributed by atoms with Gasteiger partial charge in [0.1, 0.15) is 0 Å². The van der Waals surface area contributed by atoms with Crippen LogP contribution in [0.4, 0.5) is 0 Å². The van der Waals surface area contributed by atoms with Gasteiger partial charge in [0.25, 0.3) is 0 Å². The van der Waals surface area contributed by atoms with Gasteiger partial charge in [-0.05, 0) is 42.9 Å². The second kappa shape index (κ2) is 4.61. The zero-order valence-electron chi connectivity index (χ0n) is 10.3. The molecule has 0 aromatic rings. The monoisotopic (exact) mass is 285 g/mol. The van der Waals surface area contributed by atoms with Gasteiger partial charge in [-0.15, -0.1) is 0 Å². The molecule has 0 N–H and O–H groups in total. The molecule has 3 aliphatic rings. The normalized spacial score (nSPS) is 38.1. The van der Waals surface area contributed by atoms with Crippen LogP contribution in [0.2, 0.25) is 0 Å². The molecule has 0 aromatic heterocycles. The van der Waals surface area contributed by atoms with E-state index >= 15 is 0 Å². The highest BCUT2D eigenvalue weighted by Gasteiger charge is 2.40. The van der Waals surface area contributed by atoms with Gasteiger partial charge in [0.05, 0.1) is 0 Å². The fraction of sp³-hybridized carbons (Fsp3) is 1.00. The Morgan fingerprint density at radius 1 is 1.00 bits per heavy atom. The van der Waals surface area contributed by atoms with Crippen LogP contribution in [0.3, 0.4) is 0 Å². The highest BCUT2D eigenvalue weighted by Crippen LogP contribution is 2.43. The highest BCUT2D eigenvalue weighted by molar-refractivity contribution is 9.09. The second-order valence-electron chi connectivity index (χ2n) is 6.49. The smallest absolute Gasteiger partial charge is 0.0100 e. The van der Waals surface area contributed by atoms with Crippen molar-refractivity contribution in [1.29, 1.82) is 0 Å². The molecule has 2 unspecified atom stereocenters. The standard InChI is InChI=1S/C14H24BrN/c15-10-14(6-1-2-7-14)11-16-8-12-4-3-5-13(12)9-16/h12-13H,1-11H2. The zero-order valence-corrected chi connectivity index (χ0v) is 11.8. The Labute approximate surface area is 108 Å². The molecule has 1 nitrogen and oxygen atoms in total. The maximum atomic E-state index is 3.78. The Balaban J connectivity index is 1.59. The van der Waals surface area contributed by atoms with E-state index in [1.54, 1.807) is 0 Å². The summed E-state index contributed by atoms with van der Waals surface area (Å²) in [6, 6.07) is 0. The van der Waals surface area contributed by atoms with Gasteiger partial charge in [-0.3, -0.25) is 0 Å². The number of hydrogen-bond acceptors (Lipinski definition) is 1. The number of likely N-dealkylation sites (tertiary alicyclic amines) is 1. The van der Waals surface area contributed by atoms with E-state index in [9.17, 15) is 0 Å². The minimum absolute atomic E-state index is 0.638. The summed E-state index contributed by atoms with van der Waals surface area (Å²) in [5, 5.41) is 1.23. The third-order valence-electron chi connectivity index (χ3n) is 5.31. The first-order chi connectivity index (χ1) is 7.81. The number of alkyl halides is 1. The van der Waals surface area contributed by atoms with Crippen LogP contribution in [-0.2, 0) is 0 Å². The molecule has 2 aliphatic carbocycles. The van der Waals surface area contributed by atoms with Crippen molar-refractivity contribution in [2.45, 2.75) is 44.9 Å². The summed E-state index contributed by atoms with van der Waals surface area (Å²) in [5.74, 6) is 2.13. The van der Waals surface area contributed by atoms with Crippen molar-refractivity contribution < 1.29 is 0 Å². The lowest BCUT2D eigenvalue weighted by molar-refractivity contribution is 0.191. The van der Waals surface area contributed by atoms with E-state index in [-0.39, 0.29) is 0 Å². The third kappa shape index (κ3) is 2.08. The summed E-state index contributed by atoms with van der Waals surface area (Å²) < 4.78 is 0. The number of fused-ring (bicyclic) bond motifs is 1. The molecular weight excluding hydrogens is 262 g/mol. The molecule has 2 saturated carbocycles. The predicted molar refractivity (Wildman–Crippen MR) is 72.0 cm³/mol. The van der Waals surface area contributed by atoms with Crippen molar-refractivity contribution >= 4 is 15.9 Å². The van der Waals surface area contributed by atoms with Gasteiger partial charge in [0.15, 0.2) is 0 Å². The van der Waals surface area contributed by atoms with Crippen LogP contribution in [0, 0.1) is 17.3 Å². The average Bonchev–Trinajstić information content (AvgIpc) is 2.93. The largest absolute Gasteiger partial charge is 0.302 e. The molecule has 0 bridgehead atoms. The van der Waals surface area contributed by atoms with E-state index in [1.807, 2.05) is 0 Å². The van der Waals surface area contributed by atoms with Crippen molar-refractivity contribution in [3.8, 4) is 0 Å². The number of rotatable bonds is 3. The molecular formula is C14H24BrN. The van der Waals surface area contributed by atoms with Crippen LogP contribution >= 0.6 is 15.9 Å². The van der Waals surface area contributed by atoms with Gasteiger partial charge in [-0.1, -0.05) is 35.2 Å². The average molecular weight is 286 g/mol. The van der Waals surface area contributed by atoms with E-state index in [2.05, 4.69) is 20.8 Å². The molecule has 1 saturated heterocycles. The van der Waals surface area contributed by atoms with Crippen LogP contribution in [0.25, 0.3) is 0 Å². The van der Waals surface area contributed by atoms with Gasteiger partial charge in [-0.25, -0.2) is 0 Å². The fourth-order valence-electron chi connectivity index (χ4n) is 4.39. The van der Waals surface area contributed by atoms with Crippen molar-refractivity contribution in [3.05, 3.63) is 0 Å². The molecule has 0 radical (unpaired) electrons. The summed E-state index contributed by atoms with van der Waals surface area (Å²) in [6.45, 7) is 4.21. The predicted octanol–water partition coefficient (Wildman–Crippen LogP) is 3.67. The lowest BCUT2D eigenvalue weighted by Gasteiger charge is -2.32. The van der Waals surface area contributed by atoms with E-state index in [0.29, 0.717) is 5.41 Å². The Hall–Kier alpha value is 0.440. The Bertz CT molecular complexity index is 235. The molecule has 3 fully saturated rings. The minimum atomic E-state index is 0.638. The molecule has 92 valence electrons. The summed E-state index contributed by atoms with van der Waals surface area (Å²) in [6.07, 6.45) is 10.4. The lowest BCUT2D eigenvalue weighted by atomic mass is 9.88. The molecule has 2 atom stereocenters. The van der Waals surface area contributed by atoms with E-state index < -0.39 is 0 Å². The fourth-order valence-corrected chi connectivity index (χ4v) is 5.13. The first-order valence-corrected chi connectivity index (χ1v) is 8.22. The maximum Gasteiger partial charge on any atom is 0.0100 e. The molecule has 1 heterocycles. The van der Waals surface area contributed by atoms with Crippen molar-refractivity contribution in [2.24, 2.45) is 17.3 Å². The van der Waals surface area contributed by atoms with E-state index in [1.165, 1.54) is 69.9 Å². The van der Waals surface area contributed by atoms with Crippen molar-refractivity contribution in [2.75, 3.05) is 25.0 Å². The molecule has 1 aliphatic heterocycles. The Kier molecular flexibility index (Phi) is 3.32. The van der Waals surface area contributed by atoms with Crippen LogP contribution in [0.15, 0.2) is 0 Å². The van der Waals surface area contributed by atoms with Crippen LogP contribution < -0.4 is 0 Å². The second-order valence-corrected chi connectivity index (χ2v) is 7.05. The van der Waals surface area contributed by atoms with Gasteiger partial charge in [0, 0.05) is 25.0 Å². The summed E-state index contributed by atoms with van der Waals surface area (Å²) in [4.78, 5) is 2.79. The van der Waals surface area contributed by atoms with Gasteiger partial charge < -0.3 is 4.90 Å². The lowest BCUT2D eigenvalue weighted by Crippen LogP contribution is -2.36. The van der Waals surface area contributed by atoms with E-state index in [0.717, 1.165) is 11.8 Å². The van der Waals surface area contributed by atoms with E-state index in [4.69, 9.17) is 0 Å². The number of hydrogen-bond donors (Lipinski definition) is 0. The Morgan fingerprint density at radius 2 is 1.62 bits per heavy atom. The third-order valence-corrected chi connectivity index (χ3v) is 6.50. The summed E-state index contributed by atoms with van der Waals surface area (Å²) >= 11 is 3.78. The van der Waals surface area contributed by atoms with Crippen LogP contribution in [-0.4, -0.2) is 29.9 Å². The quantitative estimate of drug-likeness (QED) is 0.715. The molecule has 0 amide bonds. The SMILES string of the molecule is BrCC1(CN2CC3CCCC3C2)CCCC1. The first kappa shape index (κ1) is 11.5. The molecule has 0 spiro atoms.